The summed E-state index contributed by atoms with van der Waals surface area (Å²) in [5.41, 5.74) is 1.72. The van der Waals surface area contributed by atoms with Crippen molar-refractivity contribution in [3.05, 3.63) is 35.4 Å². The molecule has 0 radical (unpaired) electrons. The van der Waals surface area contributed by atoms with E-state index in [0.29, 0.717) is 5.82 Å². The Labute approximate surface area is 93.7 Å². The number of nitrogens with zero attached hydrogens (tertiary/aromatic N) is 2. The molecule has 1 N–H and O–H groups in total. The topological polar surface area (TPSA) is 41.6 Å². The summed E-state index contributed by atoms with van der Waals surface area (Å²) in [5, 5.41) is 6.97. The van der Waals surface area contributed by atoms with E-state index in [-0.39, 0.29) is 5.82 Å². The van der Waals surface area contributed by atoms with E-state index in [0.717, 1.165) is 29.8 Å². The first-order valence-corrected chi connectivity index (χ1v) is 5.38. The quantitative estimate of drug-likeness (QED) is 0.862. The zero-order valence-electron chi connectivity index (χ0n) is 9.42. The first-order chi connectivity index (χ1) is 7.70. The van der Waals surface area contributed by atoms with E-state index < -0.39 is 0 Å². The zero-order valence-corrected chi connectivity index (χ0v) is 9.42. The molecule has 0 bridgehead atoms. The Morgan fingerprint density at radius 2 is 2.19 bits per heavy atom. The highest BCUT2D eigenvalue weighted by Gasteiger charge is 2.09. The largest absolute Gasteiger partial charge is 0.263 e. The first kappa shape index (κ1) is 10.8. The fourth-order valence-electron chi connectivity index (χ4n) is 1.60. The molecule has 0 saturated carbocycles. The zero-order chi connectivity index (χ0) is 11.5. The van der Waals surface area contributed by atoms with Gasteiger partial charge in [0, 0.05) is 12.0 Å². The lowest BCUT2D eigenvalue weighted by Gasteiger charge is -2.00. The van der Waals surface area contributed by atoms with Gasteiger partial charge >= 0.3 is 0 Å². The molecule has 0 aliphatic heterocycles. The lowest BCUT2D eigenvalue weighted by molar-refractivity contribution is 0.627. The number of hydrogen-bond donors (Lipinski definition) is 1. The molecule has 2 rings (SSSR count). The van der Waals surface area contributed by atoms with E-state index in [1.54, 1.807) is 6.07 Å². The monoisotopic (exact) mass is 219 g/mol. The van der Waals surface area contributed by atoms with E-state index >= 15 is 0 Å². The lowest BCUT2D eigenvalue weighted by Crippen LogP contribution is -1.88. The number of aromatic amines is 1. The van der Waals surface area contributed by atoms with Crippen molar-refractivity contribution in [2.45, 2.75) is 26.7 Å². The van der Waals surface area contributed by atoms with Crippen molar-refractivity contribution >= 4 is 0 Å². The molecule has 0 aliphatic carbocycles. The maximum absolute atomic E-state index is 13.1. The Morgan fingerprint density at radius 3 is 2.94 bits per heavy atom. The molecule has 0 amide bonds. The maximum atomic E-state index is 13.1. The van der Waals surface area contributed by atoms with Crippen LogP contribution in [0.3, 0.4) is 0 Å². The predicted octanol–water partition coefficient (Wildman–Crippen LogP) is 2.87. The molecule has 0 atom stereocenters. The van der Waals surface area contributed by atoms with Crippen molar-refractivity contribution in [2.75, 3.05) is 0 Å². The summed E-state index contributed by atoms with van der Waals surface area (Å²) >= 11 is 0. The van der Waals surface area contributed by atoms with Crippen molar-refractivity contribution in [2.24, 2.45) is 0 Å². The van der Waals surface area contributed by atoms with Gasteiger partial charge in [-0.05, 0) is 31.0 Å². The number of hydrogen-bond acceptors (Lipinski definition) is 2. The highest BCUT2D eigenvalue weighted by Crippen LogP contribution is 2.20. The number of nitrogens with one attached hydrogen (secondary N) is 1. The van der Waals surface area contributed by atoms with Crippen LogP contribution >= 0.6 is 0 Å². The van der Waals surface area contributed by atoms with Gasteiger partial charge in [-0.2, -0.15) is 5.10 Å². The van der Waals surface area contributed by atoms with Crippen LogP contribution in [-0.4, -0.2) is 15.2 Å². The fourth-order valence-corrected chi connectivity index (χ4v) is 1.60. The molecule has 1 aromatic heterocycles. The summed E-state index contributed by atoms with van der Waals surface area (Å²) in [7, 11) is 0. The second-order valence-corrected chi connectivity index (χ2v) is 3.81. The SMILES string of the molecule is CCCc1nc(-c2cc(F)ccc2C)n[nH]1. The van der Waals surface area contributed by atoms with Gasteiger partial charge in [-0.1, -0.05) is 13.0 Å². The Kier molecular flexibility index (Phi) is 2.99. The minimum Gasteiger partial charge on any atom is -0.263 e. The van der Waals surface area contributed by atoms with Gasteiger partial charge in [0.05, 0.1) is 0 Å². The standard InChI is InChI=1S/C12H14FN3/c1-3-4-11-14-12(16-15-11)10-7-9(13)6-5-8(10)2/h5-7H,3-4H2,1-2H3,(H,14,15,16). The molecule has 3 nitrogen and oxygen atoms in total. The summed E-state index contributed by atoms with van der Waals surface area (Å²) in [6, 6.07) is 4.65. The molecule has 4 heteroatoms. The number of halogens is 1. The molecule has 0 unspecified atom stereocenters. The van der Waals surface area contributed by atoms with E-state index in [1.165, 1.54) is 12.1 Å². The van der Waals surface area contributed by atoms with Gasteiger partial charge in [-0.15, -0.1) is 0 Å². The second-order valence-electron chi connectivity index (χ2n) is 3.81. The maximum Gasteiger partial charge on any atom is 0.181 e. The van der Waals surface area contributed by atoms with Gasteiger partial charge in [0.25, 0.3) is 0 Å². The number of H-pyrrole nitrogens is 1. The van der Waals surface area contributed by atoms with Crippen molar-refractivity contribution < 1.29 is 4.39 Å². The number of aromatic nitrogens is 3. The van der Waals surface area contributed by atoms with E-state index in [1.807, 2.05) is 6.92 Å². The summed E-state index contributed by atoms with van der Waals surface area (Å²) in [6.45, 7) is 4.00. The lowest BCUT2D eigenvalue weighted by atomic mass is 10.1. The van der Waals surface area contributed by atoms with Crippen molar-refractivity contribution in [3.63, 3.8) is 0 Å². The molecule has 2 aromatic rings. The van der Waals surface area contributed by atoms with Crippen molar-refractivity contribution in [1.29, 1.82) is 0 Å². The van der Waals surface area contributed by atoms with Crippen molar-refractivity contribution in [1.82, 2.24) is 15.2 Å². The number of rotatable bonds is 3. The van der Waals surface area contributed by atoms with Crippen LogP contribution in [0.2, 0.25) is 0 Å². The molecule has 0 fully saturated rings. The Balaban J connectivity index is 2.38. The first-order valence-electron chi connectivity index (χ1n) is 5.38. The van der Waals surface area contributed by atoms with Gasteiger partial charge < -0.3 is 0 Å². The van der Waals surface area contributed by atoms with Gasteiger partial charge in [-0.3, -0.25) is 5.10 Å². The molecule has 0 aliphatic rings. The van der Waals surface area contributed by atoms with Gasteiger partial charge in [0.15, 0.2) is 5.82 Å². The third-order valence-corrected chi connectivity index (χ3v) is 2.46. The summed E-state index contributed by atoms with van der Waals surface area (Å²) < 4.78 is 13.1. The highest BCUT2D eigenvalue weighted by atomic mass is 19.1. The average molecular weight is 219 g/mol. The van der Waals surface area contributed by atoms with Crippen LogP contribution in [0.5, 0.6) is 0 Å². The molecule has 16 heavy (non-hydrogen) atoms. The second kappa shape index (κ2) is 4.43. The molecular formula is C12H14FN3. The van der Waals surface area contributed by atoms with Crippen LogP contribution < -0.4 is 0 Å². The highest BCUT2D eigenvalue weighted by molar-refractivity contribution is 5.59. The van der Waals surface area contributed by atoms with Crippen LogP contribution in [0.1, 0.15) is 24.7 Å². The number of benzene rings is 1. The van der Waals surface area contributed by atoms with E-state index in [9.17, 15) is 4.39 Å². The van der Waals surface area contributed by atoms with E-state index in [2.05, 4.69) is 22.1 Å². The molecule has 0 spiro atoms. The van der Waals surface area contributed by atoms with Crippen LogP contribution in [-0.2, 0) is 6.42 Å². The predicted molar refractivity (Wildman–Crippen MR) is 60.5 cm³/mol. The van der Waals surface area contributed by atoms with Gasteiger partial charge in [0.2, 0.25) is 0 Å². The smallest absolute Gasteiger partial charge is 0.181 e. The van der Waals surface area contributed by atoms with Gasteiger partial charge in [0.1, 0.15) is 11.6 Å². The Hall–Kier alpha value is -1.71. The molecular weight excluding hydrogens is 205 g/mol. The molecule has 1 aromatic carbocycles. The van der Waals surface area contributed by atoms with Crippen LogP contribution in [0.15, 0.2) is 18.2 Å². The van der Waals surface area contributed by atoms with Crippen LogP contribution in [0.25, 0.3) is 11.4 Å². The van der Waals surface area contributed by atoms with Crippen molar-refractivity contribution in [3.8, 4) is 11.4 Å². The molecule has 0 saturated heterocycles. The summed E-state index contributed by atoms with van der Waals surface area (Å²) in [6.07, 6.45) is 1.87. The third kappa shape index (κ3) is 2.10. The number of aryl methyl sites for hydroxylation is 2. The average Bonchev–Trinajstić information content (AvgIpc) is 2.71. The van der Waals surface area contributed by atoms with E-state index in [4.69, 9.17) is 0 Å². The Morgan fingerprint density at radius 1 is 1.38 bits per heavy atom. The minimum absolute atomic E-state index is 0.262. The van der Waals surface area contributed by atoms with Crippen LogP contribution in [0, 0.1) is 12.7 Å². The Bertz CT molecular complexity index is 491. The summed E-state index contributed by atoms with van der Waals surface area (Å²) in [5.74, 6) is 1.16. The normalized spacial score (nSPS) is 10.7. The third-order valence-electron chi connectivity index (χ3n) is 2.46. The molecule has 84 valence electrons. The van der Waals surface area contributed by atoms with Crippen LogP contribution in [0.4, 0.5) is 4.39 Å². The summed E-state index contributed by atoms with van der Waals surface area (Å²) in [4.78, 5) is 4.34. The van der Waals surface area contributed by atoms with Gasteiger partial charge in [-0.25, -0.2) is 9.37 Å². The molecule has 1 heterocycles. The minimum atomic E-state index is -0.262. The fraction of sp³-hybridized carbons (Fsp3) is 0.333.